The number of carbonyl (C=O) groups excluding carboxylic acids is 1. The maximum Gasteiger partial charge on any atom is 0.234 e. The van der Waals surface area contributed by atoms with Crippen molar-refractivity contribution in [3.8, 4) is 0 Å². The van der Waals surface area contributed by atoms with E-state index in [0.29, 0.717) is 13.1 Å². The molecular weight excluding hydrogens is 240 g/mol. The minimum atomic E-state index is 0.0521. The molecule has 0 spiro atoms. The summed E-state index contributed by atoms with van der Waals surface area (Å²) in [7, 11) is 0. The fourth-order valence-electron chi connectivity index (χ4n) is 2.54. The van der Waals surface area contributed by atoms with E-state index in [1.165, 1.54) is 5.56 Å². The Hall–Kier alpha value is -1.39. The fourth-order valence-corrected chi connectivity index (χ4v) is 2.54. The number of amides is 1. The molecular formula is C15H22N2O2. The molecule has 0 radical (unpaired) electrons. The molecule has 1 aliphatic heterocycles. The van der Waals surface area contributed by atoms with E-state index < -0.39 is 0 Å². The van der Waals surface area contributed by atoms with Gasteiger partial charge in [0.2, 0.25) is 5.91 Å². The lowest BCUT2D eigenvalue weighted by Gasteiger charge is -2.21. The molecule has 19 heavy (non-hydrogen) atoms. The van der Waals surface area contributed by atoms with Crippen LogP contribution in [0.4, 0.5) is 0 Å². The molecule has 0 aliphatic carbocycles. The second-order valence-electron chi connectivity index (χ2n) is 5.03. The van der Waals surface area contributed by atoms with E-state index in [9.17, 15) is 9.90 Å². The molecule has 1 fully saturated rings. The topological polar surface area (TPSA) is 52.6 Å². The molecule has 1 amide bonds. The summed E-state index contributed by atoms with van der Waals surface area (Å²) in [6.45, 7) is 2.13. The molecule has 1 saturated heterocycles. The second kappa shape index (κ2) is 7.26. The van der Waals surface area contributed by atoms with E-state index in [-0.39, 0.29) is 18.6 Å². The number of likely N-dealkylation sites (tertiary alicyclic amines) is 1. The first-order chi connectivity index (χ1) is 9.29. The van der Waals surface area contributed by atoms with Crippen LogP contribution in [0.25, 0.3) is 0 Å². The Labute approximate surface area is 114 Å². The van der Waals surface area contributed by atoms with E-state index in [4.69, 9.17) is 0 Å². The van der Waals surface area contributed by atoms with Crippen molar-refractivity contribution in [2.24, 2.45) is 0 Å². The van der Waals surface area contributed by atoms with Crippen LogP contribution < -0.4 is 5.32 Å². The Morgan fingerprint density at radius 3 is 2.89 bits per heavy atom. The summed E-state index contributed by atoms with van der Waals surface area (Å²) in [6, 6.07) is 10.3. The third-order valence-corrected chi connectivity index (χ3v) is 3.64. The van der Waals surface area contributed by atoms with Gasteiger partial charge in [-0.3, -0.25) is 9.69 Å². The molecule has 0 aromatic heterocycles. The van der Waals surface area contributed by atoms with Crippen LogP contribution in [-0.2, 0) is 11.2 Å². The second-order valence-corrected chi connectivity index (χ2v) is 5.03. The third kappa shape index (κ3) is 4.33. The predicted molar refractivity (Wildman–Crippen MR) is 74.8 cm³/mol. The summed E-state index contributed by atoms with van der Waals surface area (Å²) in [6.07, 6.45) is 2.92. The zero-order chi connectivity index (χ0) is 13.5. The molecule has 2 N–H and O–H groups in total. The quantitative estimate of drug-likeness (QED) is 0.797. The van der Waals surface area contributed by atoms with Crippen LogP contribution in [0.1, 0.15) is 18.4 Å². The number of aliphatic hydroxyl groups excluding tert-OH is 1. The normalized spacial score (nSPS) is 19.5. The number of rotatable bonds is 6. The van der Waals surface area contributed by atoms with Gasteiger partial charge in [-0.1, -0.05) is 30.3 Å². The Balaban J connectivity index is 1.67. The molecule has 4 nitrogen and oxygen atoms in total. The number of aliphatic hydroxyl groups is 1. The Kier molecular flexibility index (Phi) is 5.36. The van der Waals surface area contributed by atoms with Crippen LogP contribution in [0.5, 0.6) is 0 Å². The van der Waals surface area contributed by atoms with E-state index in [2.05, 4.69) is 22.3 Å². The molecule has 1 aromatic carbocycles. The lowest BCUT2D eigenvalue weighted by molar-refractivity contribution is -0.122. The zero-order valence-corrected chi connectivity index (χ0v) is 11.2. The number of hydrogen-bond acceptors (Lipinski definition) is 3. The van der Waals surface area contributed by atoms with E-state index in [1.807, 2.05) is 18.2 Å². The number of nitrogens with one attached hydrogen (secondary N) is 1. The largest absolute Gasteiger partial charge is 0.395 e. The Morgan fingerprint density at radius 1 is 1.37 bits per heavy atom. The summed E-state index contributed by atoms with van der Waals surface area (Å²) in [5, 5.41) is 12.1. The minimum absolute atomic E-state index is 0.0521. The number of nitrogens with zero attached hydrogens (tertiary/aromatic N) is 1. The first kappa shape index (κ1) is 14.0. The average Bonchev–Trinajstić information content (AvgIpc) is 2.87. The van der Waals surface area contributed by atoms with Crippen LogP contribution in [0, 0.1) is 0 Å². The summed E-state index contributed by atoms with van der Waals surface area (Å²) in [5.41, 5.74) is 1.23. The van der Waals surface area contributed by atoms with Crippen LogP contribution in [0.3, 0.4) is 0 Å². The van der Waals surface area contributed by atoms with Gasteiger partial charge in [0.25, 0.3) is 0 Å². The maximum atomic E-state index is 11.8. The van der Waals surface area contributed by atoms with E-state index >= 15 is 0 Å². The van der Waals surface area contributed by atoms with Gasteiger partial charge in [-0.25, -0.2) is 0 Å². The Bertz CT molecular complexity index is 394. The summed E-state index contributed by atoms with van der Waals surface area (Å²) < 4.78 is 0. The van der Waals surface area contributed by atoms with Gasteiger partial charge in [0, 0.05) is 12.6 Å². The zero-order valence-electron chi connectivity index (χ0n) is 11.2. The van der Waals surface area contributed by atoms with Gasteiger partial charge in [0.15, 0.2) is 0 Å². The highest BCUT2D eigenvalue weighted by molar-refractivity contribution is 5.78. The van der Waals surface area contributed by atoms with Gasteiger partial charge in [0.1, 0.15) is 0 Å². The highest BCUT2D eigenvalue weighted by atomic mass is 16.3. The van der Waals surface area contributed by atoms with Crippen molar-refractivity contribution in [1.29, 1.82) is 0 Å². The highest BCUT2D eigenvalue weighted by Crippen LogP contribution is 2.15. The standard InChI is InChI=1S/C15H22N2O2/c18-12-14-7-4-10-17(14)11-15(19)16-9-8-13-5-2-1-3-6-13/h1-3,5-6,14,18H,4,7-12H2,(H,16,19)/t14-/m1/s1. The van der Waals surface area contributed by atoms with Crippen molar-refractivity contribution in [3.63, 3.8) is 0 Å². The molecule has 104 valence electrons. The van der Waals surface area contributed by atoms with Crippen molar-refractivity contribution in [2.45, 2.75) is 25.3 Å². The third-order valence-electron chi connectivity index (χ3n) is 3.64. The van der Waals surface area contributed by atoms with Crippen molar-refractivity contribution < 1.29 is 9.90 Å². The van der Waals surface area contributed by atoms with E-state index in [0.717, 1.165) is 25.8 Å². The molecule has 1 heterocycles. The van der Waals surface area contributed by atoms with E-state index in [1.54, 1.807) is 0 Å². The van der Waals surface area contributed by atoms with Gasteiger partial charge in [0.05, 0.1) is 13.2 Å². The summed E-state index contributed by atoms with van der Waals surface area (Å²) >= 11 is 0. The van der Waals surface area contributed by atoms with Crippen LogP contribution in [-0.4, -0.2) is 48.2 Å². The SMILES string of the molecule is O=C(CN1CCC[C@@H]1CO)NCCc1ccccc1. The number of benzene rings is 1. The van der Waals surface area contributed by atoms with Gasteiger partial charge in [-0.15, -0.1) is 0 Å². The molecule has 1 aromatic rings. The Morgan fingerprint density at radius 2 is 2.16 bits per heavy atom. The molecule has 1 aliphatic rings. The van der Waals surface area contributed by atoms with Crippen LogP contribution >= 0.6 is 0 Å². The van der Waals surface area contributed by atoms with Gasteiger partial charge >= 0.3 is 0 Å². The first-order valence-electron chi connectivity index (χ1n) is 6.95. The van der Waals surface area contributed by atoms with Crippen molar-refractivity contribution in [2.75, 3.05) is 26.2 Å². The van der Waals surface area contributed by atoms with Crippen molar-refractivity contribution >= 4 is 5.91 Å². The molecule has 0 unspecified atom stereocenters. The number of hydrogen-bond donors (Lipinski definition) is 2. The molecule has 1 atom stereocenters. The lowest BCUT2D eigenvalue weighted by atomic mass is 10.1. The monoisotopic (exact) mass is 262 g/mol. The van der Waals surface area contributed by atoms with Crippen LogP contribution in [0.2, 0.25) is 0 Å². The van der Waals surface area contributed by atoms with Gasteiger partial charge < -0.3 is 10.4 Å². The number of carbonyl (C=O) groups is 1. The van der Waals surface area contributed by atoms with Crippen molar-refractivity contribution in [1.82, 2.24) is 10.2 Å². The highest BCUT2D eigenvalue weighted by Gasteiger charge is 2.25. The van der Waals surface area contributed by atoms with Crippen molar-refractivity contribution in [3.05, 3.63) is 35.9 Å². The van der Waals surface area contributed by atoms with Gasteiger partial charge in [-0.2, -0.15) is 0 Å². The molecule has 0 saturated carbocycles. The average molecular weight is 262 g/mol. The molecule has 0 bridgehead atoms. The predicted octanol–water partition coefficient (Wildman–Crippen LogP) is 0.802. The molecule has 4 heteroatoms. The fraction of sp³-hybridized carbons (Fsp3) is 0.533. The summed E-state index contributed by atoms with van der Waals surface area (Å²) in [4.78, 5) is 13.9. The van der Waals surface area contributed by atoms with Gasteiger partial charge in [-0.05, 0) is 31.4 Å². The van der Waals surface area contributed by atoms with Crippen LogP contribution in [0.15, 0.2) is 30.3 Å². The lowest BCUT2D eigenvalue weighted by Crippen LogP contribution is -2.41. The summed E-state index contributed by atoms with van der Waals surface area (Å²) in [5.74, 6) is 0.0521. The smallest absolute Gasteiger partial charge is 0.234 e. The maximum absolute atomic E-state index is 11.8. The molecule has 2 rings (SSSR count). The minimum Gasteiger partial charge on any atom is -0.395 e. The first-order valence-corrected chi connectivity index (χ1v) is 6.95.